The third kappa shape index (κ3) is 5.22. The maximum Gasteiger partial charge on any atom is 0.328 e. The molecular formula is C14H19ClN2O3S. The minimum Gasteiger partial charge on any atom is -0.467 e. The second kappa shape index (κ2) is 8.92. The number of methoxy groups -OCH3 is 1. The highest BCUT2D eigenvalue weighted by Gasteiger charge is 2.28. The van der Waals surface area contributed by atoms with Crippen molar-refractivity contribution in [3.63, 3.8) is 0 Å². The van der Waals surface area contributed by atoms with Gasteiger partial charge in [-0.1, -0.05) is 30.3 Å². The van der Waals surface area contributed by atoms with E-state index >= 15 is 0 Å². The number of carbonyl (C=O) groups excluding carboxylic acids is 2. The summed E-state index contributed by atoms with van der Waals surface area (Å²) in [6.45, 7) is 0. The number of hydrogen-bond donors (Lipinski definition) is 2. The first-order chi connectivity index (χ1) is 9.70. The van der Waals surface area contributed by atoms with E-state index in [1.54, 1.807) is 11.8 Å². The van der Waals surface area contributed by atoms with Crippen LogP contribution < -0.4 is 10.6 Å². The molecule has 0 aliphatic carbocycles. The summed E-state index contributed by atoms with van der Waals surface area (Å²) in [5, 5.41) is 5.85. The van der Waals surface area contributed by atoms with Crippen LogP contribution in [0.3, 0.4) is 0 Å². The zero-order chi connectivity index (χ0) is 14.4. The standard InChI is InChI=1S/C14H18N2O3S.ClH/c1-19-14(18)11(7-10-5-3-2-4-6-10)16-13(17)12-8-20-9-15-12;/h2-6,11-12,15H,7-9H2,1H3,(H,16,17);1H. The molecule has 0 bridgehead atoms. The molecular weight excluding hydrogens is 312 g/mol. The zero-order valence-corrected chi connectivity index (χ0v) is 13.3. The number of hydrogen-bond acceptors (Lipinski definition) is 5. The van der Waals surface area contributed by atoms with E-state index < -0.39 is 12.0 Å². The zero-order valence-electron chi connectivity index (χ0n) is 11.7. The Balaban J connectivity index is 0.00000220. The molecule has 1 saturated heterocycles. The van der Waals surface area contributed by atoms with E-state index in [4.69, 9.17) is 4.74 Å². The fourth-order valence-electron chi connectivity index (χ4n) is 2.02. The molecule has 2 rings (SSSR count). The lowest BCUT2D eigenvalue weighted by Gasteiger charge is -2.18. The van der Waals surface area contributed by atoms with Crippen LogP contribution >= 0.6 is 24.2 Å². The summed E-state index contributed by atoms with van der Waals surface area (Å²) in [6.07, 6.45) is 0.430. The number of rotatable bonds is 5. The molecule has 1 aliphatic heterocycles. The Bertz CT molecular complexity index is 467. The van der Waals surface area contributed by atoms with Gasteiger partial charge in [-0.2, -0.15) is 0 Å². The van der Waals surface area contributed by atoms with Crippen molar-refractivity contribution in [2.45, 2.75) is 18.5 Å². The summed E-state index contributed by atoms with van der Waals surface area (Å²) >= 11 is 1.67. The molecule has 1 aliphatic rings. The van der Waals surface area contributed by atoms with Crippen molar-refractivity contribution in [2.24, 2.45) is 0 Å². The van der Waals surface area contributed by atoms with Crippen molar-refractivity contribution < 1.29 is 14.3 Å². The van der Waals surface area contributed by atoms with Crippen molar-refractivity contribution >= 4 is 36.0 Å². The van der Waals surface area contributed by atoms with Crippen molar-refractivity contribution in [3.8, 4) is 0 Å². The van der Waals surface area contributed by atoms with Gasteiger partial charge in [-0.25, -0.2) is 4.79 Å². The van der Waals surface area contributed by atoms with E-state index in [0.717, 1.165) is 17.2 Å². The van der Waals surface area contributed by atoms with Crippen LogP contribution in [-0.4, -0.2) is 42.7 Å². The Kier molecular flexibility index (Phi) is 7.56. The number of thioether (sulfide) groups is 1. The maximum absolute atomic E-state index is 12.1. The van der Waals surface area contributed by atoms with E-state index in [1.807, 2.05) is 30.3 Å². The quantitative estimate of drug-likeness (QED) is 0.788. The van der Waals surface area contributed by atoms with E-state index in [1.165, 1.54) is 7.11 Å². The van der Waals surface area contributed by atoms with E-state index in [2.05, 4.69) is 10.6 Å². The average molecular weight is 331 g/mol. The molecule has 2 atom stereocenters. The van der Waals surface area contributed by atoms with Gasteiger partial charge in [-0.3, -0.25) is 10.1 Å². The molecule has 1 aromatic carbocycles. The van der Waals surface area contributed by atoms with Crippen LogP contribution in [0.1, 0.15) is 5.56 Å². The summed E-state index contributed by atoms with van der Waals surface area (Å²) in [5.74, 6) is 0.916. The fraction of sp³-hybridized carbons (Fsp3) is 0.429. The molecule has 1 amide bonds. The number of carbonyl (C=O) groups is 2. The second-order valence-corrected chi connectivity index (χ2v) is 5.58. The monoisotopic (exact) mass is 330 g/mol. The Hall–Kier alpha value is -1.24. The molecule has 2 N–H and O–H groups in total. The van der Waals surface area contributed by atoms with Crippen molar-refractivity contribution in [1.82, 2.24) is 10.6 Å². The molecule has 5 nitrogen and oxygen atoms in total. The smallest absolute Gasteiger partial charge is 0.328 e. The lowest BCUT2D eigenvalue weighted by atomic mass is 10.1. The molecule has 1 fully saturated rings. The van der Waals surface area contributed by atoms with E-state index in [-0.39, 0.29) is 24.4 Å². The highest BCUT2D eigenvalue weighted by molar-refractivity contribution is 7.99. The van der Waals surface area contributed by atoms with Gasteiger partial charge in [0.25, 0.3) is 0 Å². The van der Waals surface area contributed by atoms with Crippen LogP contribution in [0.15, 0.2) is 30.3 Å². The van der Waals surface area contributed by atoms with Crippen LogP contribution in [0.4, 0.5) is 0 Å². The third-order valence-electron chi connectivity index (χ3n) is 3.12. The van der Waals surface area contributed by atoms with Gasteiger partial charge in [0.15, 0.2) is 0 Å². The third-order valence-corrected chi connectivity index (χ3v) is 4.06. The largest absolute Gasteiger partial charge is 0.467 e. The van der Waals surface area contributed by atoms with Gasteiger partial charge in [0.2, 0.25) is 5.91 Å². The number of halogens is 1. The SMILES string of the molecule is COC(=O)C(Cc1ccccc1)NC(=O)C1CSCN1.Cl. The average Bonchev–Trinajstić information content (AvgIpc) is 3.01. The number of nitrogens with one attached hydrogen (secondary N) is 2. The lowest BCUT2D eigenvalue weighted by molar-refractivity contribution is -0.145. The van der Waals surface area contributed by atoms with Crippen LogP contribution in [0.2, 0.25) is 0 Å². The van der Waals surface area contributed by atoms with Crippen LogP contribution in [-0.2, 0) is 20.7 Å². The molecule has 7 heteroatoms. The Morgan fingerprint density at radius 2 is 2.14 bits per heavy atom. The predicted molar refractivity (Wildman–Crippen MR) is 85.6 cm³/mol. The first-order valence-electron chi connectivity index (χ1n) is 6.44. The van der Waals surface area contributed by atoms with Gasteiger partial charge in [-0.05, 0) is 5.56 Å². The maximum atomic E-state index is 12.1. The highest BCUT2D eigenvalue weighted by atomic mass is 35.5. The molecule has 1 aromatic rings. The van der Waals surface area contributed by atoms with Crippen molar-refractivity contribution in [3.05, 3.63) is 35.9 Å². The normalized spacial score (nSPS) is 18.4. The summed E-state index contributed by atoms with van der Waals surface area (Å²) in [4.78, 5) is 23.9. The van der Waals surface area contributed by atoms with Gasteiger partial charge < -0.3 is 10.1 Å². The van der Waals surface area contributed by atoms with Crippen molar-refractivity contribution in [1.29, 1.82) is 0 Å². The fourth-order valence-corrected chi connectivity index (χ4v) is 2.96. The van der Waals surface area contributed by atoms with Crippen LogP contribution in [0, 0.1) is 0 Å². The molecule has 0 aromatic heterocycles. The first-order valence-corrected chi connectivity index (χ1v) is 7.59. The second-order valence-electron chi connectivity index (χ2n) is 4.55. The van der Waals surface area contributed by atoms with Gasteiger partial charge in [0, 0.05) is 18.1 Å². The van der Waals surface area contributed by atoms with Gasteiger partial charge in [0.05, 0.1) is 13.2 Å². The molecule has 0 radical (unpaired) electrons. The van der Waals surface area contributed by atoms with Gasteiger partial charge >= 0.3 is 5.97 Å². The van der Waals surface area contributed by atoms with Gasteiger partial charge in [0.1, 0.15) is 6.04 Å². The Labute approximate surface area is 134 Å². The minimum absolute atomic E-state index is 0. The Morgan fingerprint density at radius 3 is 2.71 bits per heavy atom. The summed E-state index contributed by atoms with van der Waals surface area (Å²) in [5.41, 5.74) is 0.983. The molecule has 1 heterocycles. The molecule has 0 saturated carbocycles. The summed E-state index contributed by atoms with van der Waals surface area (Å²) < 4.78 is 4.77. The number of esters is 1. The summed E-state index contributed by atoms with van der Waals surface area (Å²) in [7, 11) is 1.33. The number of benzene rings is 1. The van der Waals surface area contributed by atoms with E-state index in [0.29, 0.717) is 6.42 Å². The highest BCUT2D eigenvalue weighted by Crippen LogP contribution is 2.10. The van der Waals surface area contributed by atoms with Crippen LogP contribution in [0.25, 0.3) is 0 Å². The summed E-state index contributed by atoms with van der Waals surface area (Å²) in [6, 6.07) is 8.68. The molecule has 2 unspecified atom stereocenters. The predicted octanol–water partition coefficient (Wildman–Crippen LogP) is 0.971. The lowest BCUT2D eigenvalue weighted by Crippen LogP contribution is -2.50. The van der Waals surface area contributed by atoms with Gasteiger partial charge in [-0.15, -0.1) is 24.2 Å². The van der Waals surface area contributed by atoms with Crippen LogP contribution in [0.5, 0.6) is 0 Å². The topological polar surface area (TPSA) is 67.4 Å². The minimum atomic E-state index is -0.651. The number of amides is 1. The molecule has 21 heavy (non-hydrogen) atoms. The van der Waals surface area contributed by atoms with Crippen molar-refractivity contribution in [2.75, 3.05) is 18.7 Å². The number of ether oxygens (including phenoxy) is 1. The Morgan fingerprint density at radius 1 is 1.43 bits per heavy atom. The molecule has 0 spiro atoms. The molecule has 116 valence electrons. The van der Waals surface area contributed by atoms with E-state index in [9.17, 15) is 9.59 Å². The first kappa shape index (κ1) is 17.8.